The van der Waals surface area contributed by atoms with Crippen LogP contribution in [0.3, 0.4) is 0 Å². The van der Waals surface area contributed by atoms with Gasteiger partial charge in [-0.25, -0.2) is 4.79 Å². The van der Waals surface area contributed by atoms with Crippen molar-refractivity contribution in [3.05, 3.63) is 59.2 Å². The topological polar surface area (TPSA) is 58.6 Å². The summed E-state index contributed by atoms with van der Waals surface area (Å²) < 4.78 is 5.65. The Labute approximate surface area is 153 Å². The molecule has 0 amide bonds. The third-order valence-corrected chi connectivity index (χ3v) is 6.81. The second-order valence-electron chi connectivity index (χ2n) is 7.91. The average Bonchev–Trinajstić information content (AvgIpc) is 3.29. The van der Waals surface area contributed by atoms with E-state index in [2.05, 4.69) is 17.4 Å². The Morgan fingerprint density at radius 2 is 1.92 bits per heavy atom. The van der Waals surface area contributed by atoms with E-state index < -0.39 is 5.97 Å². The lowest BCUT2D eigenvalue weighted by Gasteiger charge is -2.43. The smallest absolute Gasteiger partial charge is 0.335 e. The monoisotopic (exact) mass is 349 g/mol. The largest absolute Gasteiger partial charge is 0.496 e. The lowest BCUT2D eigenvalue weighted by atomic mass is 9.67. The van der Waals surface area contributed by atoms with E-state index in [0.29, 0.717) is 29.2 Å². The lowest BCUT2D eigenvalue weighted by molar-refractivity contribution is 0.0696. The highest BCUT2D eigenvalue weighted by atomic mass is 16.5. The summed E-state index contributed by atoms with van der Waals surface area (Å²) in [6, 6.07) is 14.1. The van der Waals surface area contributed by atoms with Gasteiger partial charge < -0.3 is 15.2 Å². The van der Waals surface area contributed by atoms with Gasteiger partial charge in [-0.1, -0.05) is 18.2 Å². The molecule has 0 radical (unpaired) electrons. The predicted molar refractivity (Wildman–Crippen MR) is 99.8 cm³/mol. The van der Waals surface area contributed by atoms with Crippen LogP contribution in [0, 0.1) is 17.8 Å². The summed E-state index contributed by atoms with van der Waals surface area (Å²) in [7, 11) is 1.73. The molecule has 0 spiro atoms. The molecule has 0 saturated heterocycles. The molecular weight excluding hydrogens is 326 g/mol. The molecule has 2 aliphatic carbocycles. The minimum absolute atomic E-state index is 0.217. The number of carbonyl (C=O) groups is 1. The molecule has 4 nitrogen and oxygen atoms in total. The van der Waals surface area contributed by atoms with Crippen LogP contribution in [0.1, 0.15) is 52.7 Å². The molecule has 1 heterocycles. The summed E-state index contributed by atoms with van der Waals surface area (Å²) in [6.07, 6.45) is 3.81. The van der Waals surface area contributed by atoms with Gasteiger partial charge in [0.05, 0.1) is 18.7 Å². The van der Waals surface area contributed by atoms with Gasteiger partial charge in [0, 0.05) is 11.3 Å². The van der Waals surface area contributed by atoms with Crippen LogP contribution in [-0.2, 0) is 0 Å². The Hall–Kier alpha value is -2.49. The van der Waals surface area contributed by atoms with Gasteiger partial charge in [-0.15, -0.1) is 0 Å². The van der Waals surface area contributed by atoms with Gasteiger partial charge in [0.25, 0.3) is 0 Å². The minimum Gasteiger partial charge on any atom is -0.496 e. The molecule has 2 aromatic carbocycles. The Kier molecular flexibility index (Phi) is 3.49. The van der Waals surface area contributed by atoms with Crippen LogP contribution < -0.4 is 10.1 Å². The fourth-order valence-electron chi connectivity index (χ4n) is 5.85. The Bertz CT molecular complexity index is 877. The van der Waals surface area contributed by atoms with E-state index >= 15 is 0 Å². The van der Waals surface area contributed by atoms with Gasteiger partial charge in [0.2, 0.25) is 0 Å². The average molecular weight is 349 g/mol. The third kappa shape index (κ3) is 2.17. The number of rotatable bonds is 3. The molecule has 2 aromatic rings. The molecule has 5 atom stereocenters. The van der Waals surface area contributed by atoms with Crippen LogP contribution in [0.2, 0.25) is 0 Å². The van der Waals surface area contributed by atoms with E-state index in [1.54, 1.807) is 13.2 Å². The maximum atomic E-state index is 11.5. The zero-order valence-corrected chi connectivity index (χ0v) is 14.8. The predicted octanol–water partition coefficient (Wildman–Crippen LogP) is 4.69. The van der Waals surface area contributed by atoms with E-state index in [1.807, 2.05) is 24.3 Å². The summed E-state index contributed by atoms with van der Waals surface area (Å²) >= 11 is 0. The summed E-state index contributed by atoms with van der Waals surface area (Å²) in [5.74, 6) is 2.40. The van der Waals surface area contributed by atoms with Crippen LogP contribution in [0.4, 0.5) is 5.69 Å². The number of carboxylic acid groups (broad SMARTS) is 1. The first-order chi connectivity index (χ1) is 12.7. The lowest BCUT2D eigenvalue weighted by Crippen LogP contribution is -2.35. The highest BCUT2D eigenvalue weighted by Crippen LogP contribution is 2.64. The number of methoxy groups -OCH3 is 1. The second-order valence-corrected chi connectivity index (χ2v) is 7.91. The number of para-hydroxylation sites is 1. The second kappa shape index (κ2) is 5.76. The van der Waals surface area contributed by atoms with E-state index in [-0.39, 0.29) is 6.04 Å². The van der Waals surface area contributed by atoms with Crippen molar-refractivity contribution in [2.75, 3.05) is 12.4 Å². The molecular formula is C22H23NO3. The van der Waals surface area contributed by atoms with Crippen LogP contribution >= 0.6 is 0 Å². The van der Waals surface area contributed by atoms with Crippen molar-refractivity contribution in [3.8, 4) is 5.75 Å². The molecule has 1 aliphatic heterocycles. The molecule has 5 rings (SSSR count). The number of carboxylic acids is 1. The van der Waals surface area contributed by atoms with Gasteiger partial charge in [-0.05, 0) is 72.8 Å². The number of hydrogen-bond donors (Lipinski definition) is 2. The molecule has 134 valence electrons. The molecule has 0 unspecified atom stereocenters. The molecule has 3 aliphatic rings. The SMILES string of the molecule is COc1ccccc1[C@@H]1Nc2ccc(C(=O)O)cc2[C@@H]2[C@H]3CC[C@@H](C3)[C@@H]21. The summed E-state index contributed by atoms with van der Waals surface area (Å²) in [5.41, 5.74) is 3.89. The van der Waals surface area contributed by atoms with E-state index in [4.69, 9.17) is 4.74 Å². The van der Waals surface area contributed by atoms with Crippen LogP contribution in [0.25, 0.3) is 0 Å². The van der Waals surface area contributed by atoms with Gasteiger partial charge in [-0.3, -0.25) is 0 Å². The first-order valence-corrected chi connectivity index (χ1v) is 9.44. The standard InChI is InChI=1S/C22H23NO3/c1-26-18-5-3-2-4-15(18)21-20-13-7-6-12(10-13)19(20)16-11-14(22(24)25)8-9-17(16)23-21/h2-5,8-9,11-13,19-21,23H,6-7,10H2,1H3,(H,24,25)/t12-,13-,19-,20-,21-/m0/s1. The normalized spacial score (nSPS) is 31.0. The molecule has 4 heteroatoms. The van der Waals surface area contributed by atoms with Gasteiger partial charge in [0.15, 0.2) is 0 Å². The van der Waals surface area contributed by atoms with Gasteiger partial charge in [0.1, 0.15) is 5.75 Å². The molecule has 2 N–H and O–H groups in total. The Morgan fingerprint density at radius 3 is 2.73 bits per heavy atom. The van der Waals surface area contributed by atoms with Crippen molar-refractivity contribution in [2.45, 2.75) is 31.2 Å². The zero-order chi connectivity index (χ0) is 17.8. The fraction of sp³-hybridized carbons (Fsp3) is 0.409. The highest BCUT2D eigenvalue weighted by molar-refractivity contribution is 5.88. The molecule has 2 bridgehead atoms. The summed E-state index contributed by atoms with van der Waals surface area (Å²) in [4.78, 5) is 11.5. The fourth-order valence-corrected chi connectivity index (χ4v) is 5.85. The van der Waals surface area contributed by atoms with Crippen molar-refractivity contribution in [1.29, 1.82) is 0 Å². The minimum atomic E-state index is -0.848. The maximum Gasteiger partial charge on any atom is 0.335 e. The number of nitrogens with one attached hydrogen (secondary N) is 1. The van der Waals surface area contributed by atoms with Crippen molar-refractivity contribution in [2.24, 2.45) is 17.8 Å². The highest BCUT2D eigenvalue weighted by Gasteiger charge is 2.54. The summed E-state index contributed by atoms with van der Waals surface area (Å²) in [6.45, 7) is 0. The van der Waals surface area contributed by atoms with Crippen molar-refractivity contribution in [1.82, 2.24) is 0 Å². The number of aromatic carboxylic acids is 1. The molecule has 26 heavy (non-hydrogen) atoms. The number of hydrogen-bond acceptors (Lipinski definition) is 3. The number of ether oxygens (including phenoxy) is 1. The van der Waals surface area contributed by atoms with E-state index in [1.165, 1.54) is 30.4 Å². The van der Waals surface area contributed by atoms with E-state index in [9.17, 15) is 9.90 Å². The van der Waals surface area contributed by atoms with Crippen LogP contribution in [0.5, 0.6) is 5.75 Å². The first kappa shape index (κ1) is 15.7. The first-order valence-electron chi connectivity index (χ1n) is 9.44. The van der Waals surface area contributed by atoms with Crippen molar-refractivity contribution >= 4 is 11.7 Å². The molecule has 2 fully saturated rings. The molecule has 2 saturated carbocycles. The third-order valence-electron chi connectivity index (χ3n) is 6.81. The quantitative estimate of drug-likeness (QED) is 0.844. The molecule has 0 aromatic heterocycles. The van der Waals surface area contributed by atoms with Crippen molar-refractivity contribution < 1.29 is 14.6 Å². The Balaban J connectivity index is 1.65. The summed E-state index contributed by atoms with van der Waals surface area (Å²) in [5, 5.41) is 13.2. The maximum absolute atomic E-state index is 11.5. The van der Waals surface area contributed by atoms with Crippen LogP contribution in [0.15, 0.2) is 42.5 Å². The van der Waals surface area contributed by atoms with E-state index in [0.717, 1.165) is 11.4 Å². The van der Waals surface area contributed by atoms with Crippen molar-refractivity contribution in [3.63, 3.8) is 0 Å². The van der Waals surface area contributed by atoms with Crippen LogP contribution in [-0.4, -0.2) is 18.2 Å². The number of anilines is 1. The number of fused-ring (bicyclic) bond motifs is 7. The van der Waals surface area contributed by atoms with Gasteiger partial charge in [-0.2, -0.15) is 0 Å². The number of benzene rings is 2. The van der Waals surface area contributed by atoms with Gasteiger partial charge >= 0.3 is 5.97 Å². The zero-order valence-electron chi connectivity index (χ0n) is 14.8. The Morgan fingerprint density at radius 1 is 1.12 bits per heavy atom.